The van der Waals surface area contributed by atoms with E-state index in [2.05, 4.69) is 68.1 Å². The number of hydrogen-bond donors (Lipinski definition) is 0. The van der Waals surface area contributed by atoms with Crippen molar-refractivity contribution in [2.24, 2.45) is 11.3 Å². The smallest absolute Gasteiger partial charge is 0.354 e. The van der Waals surface area contributed by atoms with Crippen molar-refractivity contribution in [1.82, 2.24) is 4.57 Å². The molecule has 0 radical (unpaired) electrons. The molecule has 0 amide bonds. The second-order valence-corrected chi connectivity index (χ2v) is 10.9. The molecular weight excluding hydrogens is 454 g/mol. The molecule has 2 aromatic rings. The maximum atomic E-state index is 12.5. The quantitative estimate of drug-likeness (QED) is 0.238. The zero-order valence-electron chi connectivity index (χ0n) is 20.4. The Kier molecular flexibility index (Phi) is 9.20. The molecule has 0 spiro atoms. The fourth-order valence-electron chi connectivity index (χ4n) is 4.78. The van der Waals surface area contributed by atoms with Crippen LogP contribution in [0.2, 0.25) is 0 Å². The molecule has 0 saturated heterocycles. The van der Waals surface area contributed by atoms with E-state index in [0.717, 1.165) is 41.4 Å². The van der Waals surface area contributed by atoms with Gasteiger partial charge in [-0.15, -0.1) is 0 Å². The third kappa shape index (κ3) is 6.82. The normalized spacial score (nSPS) is 13.5. The maximum absolute atomic E-state index is 12.5. The summed E-state index contributed by atoms with van der Waals surface area (Å²) in [6.45, 7) is 17.3. The summed E-state index contributed by atoms with van der Waals surface area (Å²) >= 11 is 3.52. The van der Waals surface area contributed by atoms with E-state index >= 15 is 0 Å². The lowest BCUT2D eigenvalue weighted by atomic mass is 9.69. The highest BCUT2D eigenvalue weighted by atomic mass is 79.9. The lowest BCUT2D eigenvalue weighted by Crippen LogP contribution is -2.42. The number of nitrogens with zero attached hydrogens (tertiary/aromatic N) is 1. The molecule has 1 aromatic carbocycles. The lowest BCUT2D eigenvalue weighted by molar-refractivity contribution is -0.0958. The van der Waals surface area contributed by atoms with E-state index < -0.39 is 0 Å². The third-order valence-electron chi connectivity index (χ3n) is 6.06. The maximum Gasteiger partial charge on any atom is 0.354 e. The molecule has 0 N–H and O–H groups in total. The Morgan fingerprint density at radius 2 is 1.81 bits per heavy atom. The van der Waals surface area contributed by atoms with Crippen molar-refractivity contribution in [2.45, 2.75) is 86.3 Å². The molecule has 5 heteroatoms. The number of benzene rings is 1. The summed E-state index contributed by atoms with van der Waals surface area (Å²) < 4.78 is 14.8. The number of aromatic nitrogens is 1. The summed E-state index contributed by atoms with van der Waals surface area (Å²) in [4.78, 5) is 12.5. The average molecular weight is 495 g/mol. The SMILES string of the molecule is CCCC(C(C)(C)C)C(C)(C)OCCCCn1c(C(=O)OCC)cc2cc(Br)ccc21. The van der Waals surface area contributed by atoms with E-state index in [1.807, 2.05) is 25.1 Å². The first kappa shape index (κ1) is 25.9. The summed E-state index contributed by atoms with van der Waals surface area (Å²) in [5, 5.41) is 1.04. The van der Waals surface area contributed by atoms with Crippen molar-refractivity contribution in [3.05, 3.63) is 34.4 Å². The van der Waals surface area contributed by atoms with Gasteiger partial charge in [-0.25, -0.2) is 4.79 Å². The molecular formula is C26H40BrNO3. The van der Waals surface area contributed by atoms with E-state index in [9.17, 15) is 4.79 Å². The number of carbonyl (C=O) groups excluding carboxylic acids is 1. The molecule has 1 aromatic heterocycles. The molecule has 0 aliphatic carbocycles. The van der Waals surface area contributed by atoms with Gasteiger partial charge in [0.2, 0.25) is 0 Å². The standard InChI is InChI=1S/C26H40BrNO3/c1-8-12-23(25(3,4)5)26(6,7)31-16-11-10-15-28-21-14-13-20(27)17-19(21)18-22(28)24(29)30-9-2/h13-14,17-18,23H,8-12,15-16H2,1-7H3. The molecule has 0 saturated carbocycles. The van der Waals surface area contributed by atoms with Crippen molar-refractivity contribution in [3.63, 3.8) is 0 Å². The van der Waals surface area contributed by atoms with E-state index in [1.54, 1.807) is 0 Å². The number of aryl methyl sites for hydroxylation is 1. The highest BCUT2D eigenvalue weighted by molar-refractivity contribution is 9.10. The lowest BCUT2D eigenvalue weighted by Gasteiger charge is -2.43. The first-order valence-electron chi connectivity index (χ1n) is 11.6. The van der Waals surface area contributed by atoms with Gasteiger partial charge < -0.3 is 14.0 Å². The molecule has 0 aliphatic heterocycles. The number of fused-ring (bicyclic) bond motifs is 1. The Bertz CT molecular complexity index is 863. The number of carbonyl (C=O) groups is 1. The van der Waals surface area contributed by atoms with Crippen LogP contribution in [0.5, 0.6) is 0 Å². The highest BCUT2D eigenvalue weighted by Gasteiger charge is 2.37. The van der Waals surface area contributed by atoms with Crippen LogP contribution in [0.4, 0.5) is 0 Å². The minimum Gasteiger partial charge on any atom is -0.461 e. The Morgan fingerprint density at radius 3 is 2.42 bits per heavy atom. The summed E-state index contributed by atoms with van der Waals surface area (Å²) in [5.74, 6) is 0.243. The van der Waals surface area contributed by atoms with Crippen molar-refractivity contribution in [1.29, 1.82) is 0 Å². The predicted octanol–water partition coefficient (Wildman–Crippen LogP) is 7.62. The zero-order chi connectivity index (χ0) is 23.2. The Hall–Kier alpha value is -1.33. The number of unbranched alkanes of at least 4 members (excludes halogenated alkanes) is 1. The van der Waals surface area contributed by atoms with Crippen LogP contribution < -0.4 is 0 Å². The van der Waals surface area contributed by atoms with Crippen LogP contribution in [0.15, 0.2) is 28.7 Å². The van der Waals surface area contributed by atoms with Crippen molar-refractivity contribution in [3.8, 4) is 0 Å². The second-order valence-electron chi connectivity index (χ2n) is 9.97. The van der Waals surface area contributed by atoms with Crippen LogP contribution in [0.1, 0.15) is 84.6 Å². The minimum atomic E-state index is -0.264. The average Bonchev–Trinajstić information content (AvgIpc) is 3.02. The predicted molar refractivity (Wildman–Crippen MR) is 133 cm³/mol. The van der Waals surface area contributed by atoms with Crippen LogP contribution in [0.25, 0.3) is 10.9 Å². The van der Waals surface area contributed by atoms with Crippen LogP contribution >= 0.6 is 15.9 Å². The Balaban J connectivity index is 2.03. The van der Waals surface area contributed by atoms with Crippen molar-refractivity contribution in [2.75, 3.05) is 13.2 Å². The summed E-state index contributed by atoms with van der Waals surface area (Å²) in [7, 11) is 0. The fraction of sp³-hybridized carbons (Fsp3) is 0.654. The molecule has 0 bridgehead atoms. The van der Waals surface area contributed by atoms with Crippen LogP contribution in [-0.2, 0) is 16.0 Å². The van der Waals surface area contributed by atoms with Gasteiger partial charge in [-0.1, -0.05) is 50.0 Å². The second kappa shape index (κ2) is 11.0. The molecule has 0 fully saturated rings. The van der Waals surface area contributed by atoms with Gasteiger partial charge in [-0.2, -0.15) is 0 Å². The van der Waals surface area contributed by atoms with E-state index in [1.165, 1.54) is 12.8 Å². The van der Waals surface area contributed by atoms with E-state index in [0.29, 0.717) is 18.2 Å². The highest BCUT2D eigenvalue weighted by Crippen LogP contribution is 2.40. The van der Waals surface area contributed by atoms with Crippen LogP contribution in [0.3, 0.4) is 0 Å². The van der Waals surface area contributed by atoms with Gasteiger partial charge in [0.25, 0.3) is 0 Å². The monoisotopic (exact) mass is 493 g/mol. The summed E-state index contributed by atoms with van der Waals surface area (Å²) in [5.41, 5.74) is 1.73. The fourth-order valence-corrected chi connectivity index (χ4v) is 5.16. The number of ether oxygens (including phenoxy) is 2. The topological polar surface area (TPSA) is 40.5 Å². The van der Waals surface area contributed by atoms with E-state index in [-0.39, 0.29) is 17.0 Å². The van der Waals surface area contributed by atoms with Crippen LogP contribution in [-0.4, -0.2) is 29.4 Å². The van der Waals surface area contributed by atoms with Gasteiger partial charge in [-0.05, 0) is 75.6 Å². The number of hydrogen-bond acceptors (Lipinski definition) is 3. The summed E-state index contributed by atoms with van der Waals surface area (Å²) in [6.07, 6.45) is 4.23. The van der Waals surface area contributed by atoms with Crippen molar-refractivity contribution < 1.29 is 14.3 Å². The minimum absolute atomic E-state index is 0.156. The Labute approximate surface area is 196 Å². The van der Waals surface area contributed by atoms with Gasteiger partial charge in [-0.3, -0.25) is 0 Å². The molecule has 2 rings (SSSR count). The van der Waals surface area contributed by atoms with Gasteiger partial charge in [0.15, 0.2) is 0 Å². The number of halogens is 1. The molecule has 1 heterocycles. The Morgan fingerprint density at radius 1 is 1.10 bits per heavy atom. The van der Waals surface area contributed by atoms with Gasteiger partial charge in [0.1, 0.15) is 5.69 Å². The van der Waals surface area contributed by atoms with Gasteiger partial charge in [0.05, 0.1) is 12.2 Å². The van der Waals surface area contributed by atoms with Crippen molar-refractivity contribution >= 4 is 32.8 Å². The molecule has 0 aliphatic rings. The molecule has 1 unspecified atom stereocenters. The van der Waals surface area contributed by atoms with Gasteiger partial charge >= 0.3 is 5.97 Å². The third-order valence-corrected chi connectivity index (χ3v) is 6.55. The number of rotatable bonds is 11. The first-order valence-corrected chi connectivity index (χ1v) is 12.4. The number of esters is 1. The summed E-state index contributed by atoms with van der Waals surface area (Å²) in [6, 6.07) is 8.04. The molecule has 31 heavy (non-hydrogen) atoms. The first-order chi connectivity index (χ1) is 14.5. The van der Waals surface area contributed by atoms with Gasteiger partial charge in [0, 0.05) is 28.5 Å². The molecule has 4 nitrogen and oxygen atoms in total. The zero-order valence-corrected chi connectivity index (χ0v) is 22.0. The largest absolute Gasteiger partial charge is 0.461 e. The van der Waals surface area contributed by atoms with Crippen LogP contribution in [0, 0.1) is 11.3 Å². The molecule has 174 valence electrons. The molecule has 1 atom stereocenters. The van der Waals surface area contributed by atoms with E-state index in [4.69, 9.17) is 9.47 Å².